The largest absolute Gasteiger partial charge is 0.395 e. The van der Waals surface area contributed by atoms with Gasteiger partial charge < -0.3 is 10.4 Å². The molecule has 16 heavy (non-hydrogen) atoms. The Labute approximate surface area is 106 Å². The molecule has 0 amide bonds. The third-order valence-corrected chi connectivity index (χ3v) is 3.43. The van der Waals surface area contributed by atoms with Gasteiger partial charge in [-0.3, -0.25) is 0 Å². The van der Waals surface area contributed by atoms with Gasteiger partial charge in [-0.05, 0) is 18.2 Å². The Kier molecular flexibility index (Phi) is 6.21. The van der Waals surface area contributed by atoms with E-state index >= 15 is 0 Å². The maximum Gasteiger partial charge on any atom is 0.0592 e. The molecule has 0 saturated carbocycles. The van der Waals surface area contributed by atoms with Gasteiger partial charge in [0.15, 0.2) is 0 Å². The summed E-state index contributed by atoms with van der Waals surface area (Å²) in [4.78, 5) is 1.14. The van der Waals surface area contributed by atoms with Gasteiger partial charge in [0.2, 0.25) is 0 Å². The first-order valence-electron chi connectivity index (χ1n) is 5.37. The molecule has 1 atom stereocenters. The molecule has 0 radical (unpaired) electrons. The van der Waals surface area contributed by atoms with Gasteiger partial charge in [0, 0.05) is 27.8 Å². The molecule has 1 unspecified atom stereocenters. The summed E-state index contributed by atoms with van der Waals surface area (Å²) in [5.74, 6) is 0.842. The summed E-state index contributed by atoms with van der Waals surface area (Å²) < 4.78 is 0. The van der Waals surface area contributed by atoms with Crippen LogP contribution in [-0.4, -0.2) is 29.5 Å². The highest BCUT2D eigenvalue weighted by Gasteiger charge is 2.08. The monoisotopic (exact) mass is 259 g/mol. The smallest absolute Gasteiger partial charge is 0.0592 e. The highest BCUT2D eigenvalue weighted by molar-refractivity contribution is 7.99. The van der Waals surface area contributed by atoms with Crippen LogP contribution in [0.25, 0.3) is 0 Å². The first-order chi connectivity index (χ1) is 7.61. The minimum Gasteiger partial charge on any atom is -0.395 e. The van der Waals surface area contributed by atoms with Gasteiger partial charge in [-0.25, -0.2) is 0 Å². The number of hydrogen-bond acceptors (Lipinski definition) is 3. The zero-order valence-corrected chi connectivity index (χ0v) is 11.2. The quantitative estimate of drug-likeness (QED) is 0.771. The van der Waals surface area contributed by atoms with Crippen molar-refractivity contribution in [3.63, 3.8) is 0 Å². The average Bonchev–Trinajstić information content (AvgIpc) is 2.24. The number of benzene rings is 1. The molecular formula is C12H18ClNOS. The minimum absolute atomic E-state index is 0.129. The lowest BCUT2D eigenvalue weighted by atomic mass is 10.3. The number of aliphatic hydroxyl groups excluding tert-OH is 1. The second kappa shape index (κ2) is 7.17. The van der Waals surface area contributed by atoms with E-state index in [1.807, 2.05) is 24.3 Å². The summed E-state index contributed by atoms with van der Waals surface area (Å²) >= 11 is 7.60. The minimum atomic E-state index is 0.129. The number of halogens is 1. The average molecular weight is 260 g/mol. The molecule has 0 aliphatic rings. The van der Waals surface area contributed by atoms with Crippen LogP contribution in [-0.2, 0) is 0 Å². The van der Waals surface area contributed by atoms with Gasteiger partial charge in [0.1, 0.15) is 0 Å². The number of thioether (sulfide) groups is 1. The van der Waals surface area contributed by atoms with E-state index in [4.69, 9.17) is 11.6 Å². The lowest BCUT2D eigenvalue weighted by Gasteiger charge is -2.18. The van der Waals surface area contributed by atoms with Crippen molar-refractivity contribution in [1.82, 2.24) is 5.32 Å². The predicted molar refractivity (Wildman–Crippen MR) is 71.3 cm³/mol. The van der Waals surface area contributed by atoms with Gasteiger partial charge in [-0.15, -0.1) is 11.8 Å². The van der Waals surface area contributed by atoms with Crippen LogP contribution in [0.1, 0.15) is 13.8 Å². The van der Waals surface area contributed by atoms with Crippen LogP contribution in [0.5, 0.6) is 0 Å². The van der Waals surface area contributed by atoms with Crippen molar-refractivity contribution in [2.75, 3.05) is 12.4 Å². The molecule has 4 heteroatoms. The van der Waals surface area contributed by atoms with Gasteiger partial charge in [-0.1, -0.05) is 31.5 Å². The van der Waals surface area contributed by atoms with Crippen molar-refractivity contribution in [3.8, 4) is 0 Å². The molecule has 2 N–H and O–H groups in total. The molecule has 0 spiro atoms. The fourth-order valence-electron chi connectivity index (χ4n) is 1.38. The van der Waals surface area contributed by atoms with Crippen LogP contribution < -0.4 is 5.32 Å². The first kappa shape index (κ1) is 13.8. The SMILES string of the molecule is CC(C)NC(CO)CSc1cccc(Cl)c1. The van der Waals surface area contributed by atoms with Crippen LogP contribution >= 0.6 is 23.4 Å². The second-order valence-corrected chi connectivity index (χ2v) is 5.50. The molecule has 0 heterocycles. The number of aliphatic hydroxyl groups is 1. The van der Waals surface area contributed by atoms with Crippen molar-refractivity contribution >= 4 is 23.4 Å². The summed E-state index contributed by atoms with van der Waals surface area (Å²) in [7, 11) is 0. The third kappa shape index (κ3) is 5.21. The first-order valence-corrected chi connectivity index (χ1v) is 6.73. The fourth-order valence-corrected chi connectivity index (χ4v) is 2.61. The molecule has 90 valence electrons. The Balaban J connectivity index is 2.43. The maximum atomic E-state index is 9.21. The highest BCUT2D eigenvalue weighted by atomic mass is 35.5. The van der Waals surface area contributed by atoms with Crippen LogP contribution in [0.4, 0.5) is 0 Å². The summed E-state index contributed by atoms with van der Waals surface area (Å²) in [6.07, 6.45) is 0. The third-order valence-electron chi connectivity index (χ3n) is 2.04. The molecule has 0 aliphatic heterocycles. The number of nitrogens with one attached hydrogen (secondary N) is 1. The van der Waals surface area contributed by atoms with Crippen LogP contribution in [0.15, 0.2) is 29.2 Å². The normalized spacial score (nSPS) is 13.1. The predicted octanol–water partition coefficient (Wildman–Crippen LogP) is 2.79. The zero-order chi connectivity index (χ0) is 12.0. The van der Waals surface area contributed by atoms with E-state index in [0.29, 0.717) is 6.04 Å². The van der Waals surface area contributed by atoms with Gasteiger partial charge >= 0.3 is 0 Å². The van der Waals surface area contributed by atoms with E-state index in [2.05, 4.69) is 19.2 Å². The van der Waals surface area contributed by atoms with Crippen LogP contribution in [0, 0.1) is 0 Å². The highest BCUT2D eigenvalue weighted by Crippen LogP contribution is 2.22. The lowest BCUT2D eigenvalue weighted by Crippen LogP contribution is -2.39. The number of hydrogen-bond donors (Lipinski definition) is 2. The van der Waals surface area contributed by atoms with Gasteiger partial charge in [-0.2, -0.15) is 0 Å². The Morgan fingerprint density at radius 2 is 2.19 bits per heavy atom. The van der Waals surface area contributed by atoms with Crippen LogP contribution in [0.3, 0.4) is 0 Å². The molecule has 1 aromatic rings. The van der Waals surface area contributed by atoms with Gasteiger partial charge in [0.25, 0.3) is 0 Å². The molecule has 2 nitrogen and oxygen atoms in total. The standard InChI is InChI=1S/C12H18ClNOS/c1-9(2)14-11(7-15)8-16-12-5-3-4-10(13)6-12/h3-6,9,11,14-15H,7-8H2,1-2H3. The Morgan fingerprint density at radius 3 is 2.75 bits per heavy atom. The fraction of sp³-hybridized carbons (Fsp3) is 0.500. The molecule has 1 rings (SSSR count). The molecule has 0 aromatic heterocycles. The Morgan fingerprint density at radius 1 is 1.44 bits per heavy atom. The summed E-state index contributed by atoms with van der Waals surface area (Å²) in [6.45, 7) is 4.31. The summed E-state index contributed by atoms with van der Waals surface area (Å²) in [5.41, 5.74) is 0. The molecule has 0 aliphatic carbocycles. The van der Waals surface area contributed by atoms with E-state index in [0.717, 1.165) is 15.7 Å². The topological polar surface area (TPSA) is 32.3 Å². The molecule has 0 bridgehead atoms. The van der Waals surface area contributed by atoms with Crippen molar-refractivity contribution in [1.29, 1.82) is 0 Å². The van der Waals surface area contributed by atoms with E-state index in [1.54, 1.807) is 11.8 Å². The van der Waals surface area contributed by atoms with Crippen molar-refractivity contribution in [3.05, 3.63) is 29.3 Å². The Bertz CT molecular complexity index is 320. The molecule has 1 aromatic carbocycles. The molecule has 0 saturated heterocycles. The van der Waals surface area contributed by atoms with E-state index in [1.165, 1.54) is 0 Å². The molecule has 0 fully saturated rings. The van der Waals surface area contributed by atoms with Crippen molar-refractivity contribution in [2.45, 2.75) is 30.8 Å². The Hall–Kier alpha value is -0.220. The number of rotatable bonds is 6. The second-order valence-electron chi connectivity index (χ2n) is 3.97. The van der Waals surface area contributed by atoms with Crippen molar-refractivity contribution < 1.29 is 5.11 Å². The van der Waals surface area contributed by atoms with Crippen molar-refractivity contribution in [2.24, 2.45) is 0 Å². The maximum absolute atomic E-state index is 9.21. The van der Waals surface area contributed by atoms with E-state index in [-0.39, 0.29) is 12.6 Å². The van der Waals surface area contributed by atoms with Crippen LogP contribution in [0.2, 0.25) is 5.02 Å². The van der Waals surface area contributed by atoms with E-state index < -0.39 is 0 Å². The summed E-state index contributed by atoms with van der Waals surface area (Å²) in [5, 5.41) is 13.3. The summed E-state index contributed by atoms with van der Waals surface area (Å²) in [6, 6.07) is 8.29. The van der Waals surface area contributed by atoms with Gasteiger partial charge in [0.05, 0.1) is 6.61 Å². The van der Waals surface area contributed by atoms with E-state index in [9.17, 15) is 5.11 Å². The lowest BCUT2D eigenvalue weighted by molar-refractivity contribution is 0.247. The zero-order valence-electron chi connectivity index (χ0n) is 9.61. The molecular weight excluding hydrogens is 242 g/mol.